The molecule has 6 rings (SSSR count). The number of carboxylic acids is 2. The molecule has 0 radical (unpaired) electrons. The van der Waals surface area contributed by atoms with Crippen molar-refractivity contribution in [3.05, 3.63) is 123 Å². The summed E-state index contributed by atoms with van der Waals surface area (Å²) in [6, 6.07) is 18.1. The second kappa shape index (κ2) is 18.6. The number of aromatic carboxylic acids is 2. The summed E-state index contributed by atoms with van der Waals surface area (Å²) in [5.74, 6) is -4.96. The van der Waals surface area contributed by atoms with Crippen LogP contribution >= 0.6 is 11.8 Å². The van der Waals surface area contributed by atoms with Gasteiger partial charge in [-0.15, -0.1) is 11.8 Å². The third-order valence-electron chi connectivity index (χ3n) is 10.8. The van der Waals surface area contributed by atoms with Gasteiger partial charge in [0.1, 0.15) is 35.0 Å². The van der Waals surface area contributed by atoms with Gasteiger partial charge in [-0.1, -0.05) is 57.2 Å². The topological polar surface area (TPSA) is 211 Å². The van der Waals surface area contributed by atoms with Crippen molar-refractivity contribution in [2.75, 3.05) is 5.32 Å². The summed E-state index contributed by atoms with van der Waals surface area (Å²) >= 11 is 0.897. The van der Waals surface area contributed by atoms with Gasteiger partial charge in [0.05, 0.1) is 33.3 Å². The van der Waals surface area contributed by atoms with Crippen LogP contribution in [0.25, 0.3) is 17.2 Å². The Kier molecular flexibility index (Phi) is 13.5. The van der Waals surface area contributed by atoms with Crippen LogP contribution in [0.2, 0.25) is 0 Å². The van der Waals surface area contributed by atoms with E-state index in [-0.39, 0.29) is 73.2 Å². The van der Waals surface area contributed by atoms with Gasteiger partial charge in [0.15, 0.2) is 0 Å². The molecular weight excluding hydrogens is 840 g/mol. The molecule has 4 aromatic rings. The van der Waals surface area contributed by atoms with Crippen molar-refractivity contribution in [2.45, 2.75) is 69.9 Å². The Labute approximate surface area is 364 Å². The molecule has 0 saturated heterocycles. The first-order valence-electron chi connectivity index (χ1n) is 19.8. The number of nitrogens with zero attached hydrogens (tertiary/aromatic N) is 2. The molecule has 1 saturated carbocycles. The van der Waals surface area contributed by atoms with Gasteiger partial charge < -0.3 is 30.6 Å². The van der Waals surface area contributed by atoms with Crippen molar-refractivity contribution in [3.63, 3.8) is 0 Å². The van der Waals surface area contributed by atoms with E-state index in [0.717, 1.165) is 42.8 Å². The molecule has 13 nitrogen and oxygen atoms in total. The summed E-state index contributed by atoms with van der Waals surface area (Å²) in [6.07, 6.45) is -2.07. The molecule has 2 heterocycles. The Balaban J connectivity index is 1.40. The van der Waals surface area contributed by atoms with E-state index < -0.39 is 52.8 Å². The lowest BCUT2D eigenvalue weighted by molar-refractivity contribution is -0.152. The van der Waals surface area contributed by atoms with Crippen LogP contribution in [0.3, 0.4) is 0 Å². The number of amidine groups is 1. The van der Waals surface area contributed by atoms with Crippen molar-refractivity contribution in [2.24, 2.45) is 22.7 Å². The molecular formula is C46H42F3N5O8S. The number of carbonyl (C=O) groups is 5. The summed E-state index contributed by atoms with van der Waals surface area (Å²) < 4.78 is 46.9. The highest BCUT2D eigenvalue weighted by Crippen LogP contribution is 2.39. The number of hydrogen-bond acceptors (Lipinski definition) is 9. The van der Waals surface area contributed by atoms with Gasteiger partial charge >= 0.3 is 24.1 Å². The predicted molar refractivity (Wildman–Crippen MR) is 229 cm³/mol. The number of aliphatic imine (C=N–C) groups is 1. The van der Waals surface area contributed by atoms with E-state index in [9.17, 15) is 52.6 Å². The van der Waals surface area contributed by atoms with Gasteiger partial charge in [-0.3, -0.25) is 9.59 Å². The highest BCUT2D eigenvalue weighted by molar-refractivity contribution is 8.00. The second-order valence-electron chi connectivity index (χ2n) is 15.7. The molecule has 2 aliphatic rings. The summed E-state index contributed by atoms with van der Waals surface area (Å²) in [4.78, 5) is 72.6. The van der Waals surface area contributed by atoms with Crippen LogP contribution in [-0.2, 0) is 20.5 Å². The number of hydrogen-bond donors (Lipinski definition) is 5. The standard InChI is InChI=1S/C46H42F3N5O8S/c1-22-14-23(2)38(24(3)15-22)62-45(61)36-25(4)34(51-40(36)54-42(56)28-12-9-13-31(17-28)46(47,48)49)20-35-37(27-10-7-6-8-11-27)33(21-50)39(52-35)53-41(55)26(5)63-32-18-29(43(57)58)16-30(19-32)44(59)60/h6-13,16-20,22-24,26,38,52H,14-15H2,1-5H3,(H,53,55)(H,57,58)(H,59,60)(H,51,54,56). The summed E-state index contributed by atoms with van der Waals surface area (Å²) in [5, 5.41) is 33.8. The number of allylic oxidation sites excluding steroid dienone is 1. The van der Waals surface area contributed by atoms with Gasteiger partial charge in [-0.05, 0) is 98.1 Å². The minimum absolute atomic E-state index is 0.00809. The Morgan fingerprint density at radius 3 is 2.14 bits per heavy atom. The number of thioether (sulfide) groups is 1. The Bertz CT molecular complexity index is 2600. The quantitative estimate of drug-likeness (QED) is 0.0712. The summed E-state index contributed by atoms with van der Waals surface area (Å²) in [7, 11) is 0. The van der Waals surface area contributed by atoms with Gasteiger partial charge in [-0.25, -0.2) is 19.4 Å². The maximum absolute atomic E-state index is 14.2. The number of anilines is 1. The van der Waals surface area contributed by atoms with E-state index in [1.54, 1.807) is 37.3 Å². The zero-order valence-corrected chi connectivity index (χ0v) is 35.4. The fraction of sp³-hybridized carbons (Fsp3) is 0.283. The van der Waals surface area contributed by atoms with Crippen LogP contribution < -0.4 is 10.6 Å². The first-order chi connectivity index (χ1) is 29.7. The molecule has 63 heavy (non-hydrogen) atoms. The second-order valence-corrected chi connectivity index (χ2v) is 17.1. The maximum atomic E-state index is 14.2. The first-order valence-corrected chi connectivity index (χ1v) is 20.7. The van der Waals surface area contributed by atoms with E-state index in [4.69, 9.17) is 4.74 Å². The number of H-pyrrole nitrogens is 1. The number of nitriles is 1. The summed E-state index contributed by atoms with van der Waals surface area (Å²) in [5.41, 5.74) is -0.578. The van der Waals surface area contributed by atoms with E-state index >= 15 is 0 Å². The van der Waals surface area contributed by atoms with Crippen LogP contribution in [0, 0.1) is 29.1 Å². The lowest BCUT2D eigenvalue weighted by atomic mass is 9.75. The monoisotopic (exact) mass is 881 g/mol. The lowest BCUT2D eigenvalue weighted by Gasteiger charge is -2.37. The summed E-state index contributed by atoms with van der Waals surface area (Å²) in [6.45, 7) is 9.18. The molecule has 1 aliphatic heterocycles. The number of rotatable bonds is 11. The molecule has 17 heteroatoms. The van der Waals surface area contributed by atoms with Crippen molar-refractivity contribution in [1.82, 2.24) is 10.3 Å². The average molecular weight is 882 g/mol. The van der Waals surface area contributed by atoms with E-state index in [2.05, 4.69) is 33.6 Å². The average Bonchev–Trinajstić information content (AvgIpc) is 3.73. The molecule has 1 aliphatic carbocycles. The third kappa shape index (κ3) is 10.2. The molecule has 0 bridgehead atoms. The number of amides is 2. The molecule has 1 fully saturated rings. The Morgan fingerprint density at radius 1 is 0.921 bits per heavy atom. The maximum Gasteiger partial charge on any atom is 0.416 e. The highest BCUT2D eigenvalue weighted by atomic mass is 32.2. The Hall–Kier alpha value is -6.93. The van der Waals surface area contributed by atoms with Crippen LogP contribution in [0.1, 0.15) is 95.4 Å². The molecule has 1 aromatic heterocycles. The van der Waals surface area contributed by atoms with Crippen LogP contribution in [-0.4, -0.2) is 62.1 Å². The number of benzene rings is 3. The zero-order valence-electron chi connectivity index (χ0n) is 34.6. The van der Waals surface area contributed by atoms with Gasteiger partial charge in [0, 0.05) is 16.0 Å². The highest BCUT2D eigenvalue weighted by Gasteiger charge is 2.38. The number of aromatic amines is 1. The van der Waals surface area contributed by atoms with Crippen LogP contribution in [0.4, 0.5) is 19.0 Å². The smallest absolute Gasteiger partial charge is 0.416 e. The van der Waals surface area contributed by atoms with Crippen molar-refractivity contribution >= 4 is 59.2 Å². The number of aromatic nitrogens is 1. The van der Waals surface area contributed by atoms with Crippen LogP contribution in [0.15, 0.2) is 99.5 Å². The number of ether oxygens (including phenoxy) is 1. The number of halogens is 3. The number of alkyl halides is 3. The minimum Gasteiger partial charge on any atom is -0.478 e. The normalized spacial score (nSPS) is 19.8. The van der Waals surface area contributed by atoms with Gasteiger partial charge in [0.25, 0.3) is 5.91 Å². The van der Waals surface area contributed by atoms with Crippen molar-refractivity contribution in [1.29, 1.82) is 5.26 Å². The SMILES string of the molecule is CC1=C(C(=O)OC2C(C)CC(C)CC2C)C(NC(=O)c2cccc(C(F)(F)F)c2)=NC1=Cc1[nH]c(NC(=O)C(C)Sc2cc(C(=O)O)cc(C(=O)O)c2)c(C#N)c1-c1ccccc1. The molecule has 3 atom stereocenters. The van der Waals surface area contributed by atoms with E-state index in [0.29, 0.717) is 23.1 Å². The molecule has 0 spiro atoms. The number of nitrogens with one attached hydrogen (secondary N) is 3. The van der Waals surface area contributed by atoms with E-state index in [1.807, 2.05) is 13.8 Å². The zero-order chi connectivity index (χ0) is 45.9. The number of carboxylic acid groups (broad SMARTS) is 2. The van der Waals surface area contributed by atoms with Crippen LogP contribution in [0.5, 0.6) is 0 Å². The first kappa shape index (κ1) is 45.6. The fourth-order valence-electron chi connectivity index (χ4n) is 7.94. The van der Waals surface area contributed by atoms with E-state index in [1.165, 1.54) is 31.2 Å². The van der Waals surface area contributed by atoms with Gasteiger partial charge in [-0.2, -0.15) is 18.4 Å². The molecule has 5 N–H and O–H groups in total. The predicted octanol–water partition coefficient (Wildman–Crippen LogP) is 9.20. The minimum atomic E-state index is -4.72. The molecule has 2 amide bonds. The van der Waals surface area contributed by atoms with Crippen molar-refractivity contribution < 1.29 is 52.1 Å². The van der Waals surface area contributed by atoms with Crippen molar-refractivity contribution in [3.8, 4) is 17.2 Å². The fourth-order valence-corrected chi connectivity index (χ4v) is 8.91. The Morgan fingerprint density at radius 2 is 1.56 bits per heavy atom. The molecule has 326 valence electrons. The number of carbonyl (C=O) groups excluding carboxylic acids is 3. The molecule has 3 aromatic carbocycles. The largest absolute Gasteiger partial charge is 0.478 e. The molecule has 3 unspecified atom stereocenters. The number of esters is 1. The lowest BCUT2D eigenvalue weighted by Crippen LogP contribution is -2.40. The third-order valence-corrected chi connectivity index (χ3v) is 11.9. The van der Waals surface area contributed by atoms with Gasteiger partial charge in [0.2, 0.25) is 5.91 Å².